The summed E-state index contributed by atoms with van der Waals surface area (Å²) in [4.78, 5) is 0. The van der Waals surface area contributed by atoms with Crippen molar-refractivity contribution in [1.29, 1.82) is 5.26 Å². The van der Waals surface area contributed by atoms with Crippen molar-refractivity contribution >= 4 is 5.88 Å². The molecule has 0 radical (unpaired) electrons. The van der Waals surface area contributed by atoms with Crippen LogP contribution < -0.4 is 10.5 Å². The predicted octanol–water partition coefficient (Wildman–Crippen LogP) is 2.02. The summed E-state index contributed by atoms with van der Waals surface area (Å²) in [6.07, 6.45) is 0. The van der Waals surface area contributed by atoms with E-state index in [0.717, 1.165) is 5.56 Å². The van der Waals surface area contributed by atoms with E-state index in [1.165, 1.54) is 5.56 Å². The van der Waals surface area contributed by atoms with Crippen LogP contribution in [0.2, 0.25) is 0 Å². The molecule has 1 aromatic heterocycles. The minimum absolute atomic E-state index is 0.0218. The van der Waals surface area contributed by atoms with Crippen LogP contribution >= 0.6 is 0 Å². The molecular weight excluding hydrogens is 218 g/mol. The zero-order valence-corrected chi connectivity index (χ0v) is 9.30. The van der Waals surface area contributed by atoms with Gasteiger partial charge < -0.3 is 15.0 Å². The summed E-state index contributed by atoms with van der Waals surface area (Å²) in [7, 11) is 0. The molecule has 0 fully saturated rings. The van der Waals surface area contributed by atoms with Gasteiger partial charge in [-0.3, -0.25) is 0 Å². The van der Waals surface area contributed by atoms with E-state index in [9.17, 15) is 0 Å². The maximum atomic E-state index is 8.81. The molecule has 0 spiro atoms. The van der Waals surface area contributed by atoms with Crippen LogP contribution in [-0.2, 0) is 6.61 Å². The van der Waals surface area contributed by atoms with Crippen molar-refractivity contribution in [1.82, 2.24) is 5.16 Å². The maximum Gasteiger partial charge on any atom is 0.275 e. The highest BCUT2D eigenvalue weighted by Gasteiger charge is 2.14. The molecular formula is C12H11N3O2. The number of benzene rings is 1. The quantitative estimate of drug-likeness (QED) is 0.870. The Kier molecular flexibility index (Phi) is 2.97. The van der Waals surface area contributed by atoms with Crippen LogP contribution in [0.5, 0.6) is 5.88 Å². The third-order valence-electron chi connectivity index (χ3n) is 2.30. The standard InChI is InChI=1S/C12H11N3O2/c1-8-2-4-9(5-3-8)7-16-12-10(6-13)11(14)17-15-12/h2-5H,7,14H2,1H3. The molecule has 1 heterocycles. The molecule has 0 bridgehead atoms. The Morgan fingerprint density at radius 2 is 2.12 bits per heavy atom. The van der Waals surface area contributed by atoms with Crippen LogP contribution in [0.25, 0.3) is 0 Å². The van der Waals surface area contributed by atoms with E-state index in [1.54, 1.807) is 0 Å². The average Bonchev–Trinajstić information content (AvgIpc) is 2.69. The van der Waals surface area contributed by atoms with Crippen molar-refractivity contribution in [2.45, 2.75) is 13.5 Å². The Bertz CT molecular complexity index is 552. The van der Waals surface area contributed by atoms with E-state index in [2.05, 4.69) is 9.68 Å². The molecule has 5 heteroatoms. The number of nitrogens with two attached hydrogens (primary N) is 1. The normalized spacial score (nSPS) is 9.88. The number of hydrogen-bond acceptors (Lipinski definition) is 5. The van der Waals surface area contributed by atoms with Gasteiger partial charge in [0.25, 0.3) is 5.88 Å². The van der Waals surface area contributed by atoms with Crippen LogP contribution in [0.1, 0.15) is 16.7 Å². The van der Waals surface area contributed by atoms with Gasteiger partial charge in [0.2, 0.25) is 5.88 Å². The van der Waals surface area contributed by atoms with Gasteiger partial charge in [0.05, 0.1) is 0 Å². The molecule has 17 heavy (non-hydrogen) atoms. The minimum Gasteiger partial charge on any atom is -0.470 e. The van der Waals surface area contributed by atoms with Crippen molar-refractivity contribution in [2.75, 3.05) is 5.73 Å². The van der Waals surface area contributed by atoms with Crippen molar-refractivity contribution in [3.8, 4) is 11.9 Å². The third kappa shape index (κ3) is 2.37. The van der Waals surface area contributed by atoms with Gasteiger partial charge in [0.15, 0.2) is 5.56 Å². The van der Waals surface area contributed by atoms with Crippen LogP contribution in [0, 0.1) is 18.3 Å². The van der Waals surface area contributed by atoms with Crippen LogP contribution in [-0.4, -0.2) is 5.16 Å². The first kappa shape index (κ1) is 11.0. The molecule has 0 aliphatic carbocycles. The highest BCUT2D eigenvalue weighted by atomic mass is 16.5. The highest BCUT2D eigenvalue weighted by molar-refractivity contribution is 5.51. The molecule has 2 aromatic rings. The second-order valence-corrected chi connectivity index (χ2v) is 3.61. The molecule has 1 aromatic carbocycles. The highest BCUT2D eigenvalue weighted by Crippen LogP contribution is 2.22. The maximum absolute atomic E-state index is 8.81. The Morgan fingerprint density at radius 3 is 2.76 bits per heavy atom. The molecule has 0 aliphatic rings. The van der Waals surface area contributed by atoms with Gasteiger partial charge in [0, 0.05) is 0 Å². The predicted molar refractivity (Wildman–Crippen MR) is 61.1 cm³/mol. The zero-order chi connectivity index (χ0) is 12.3. The second kappa shape index (κ2) is 4.58. The summed E-state index contributed by atoms with van der Waals surface area (Å²) in [6, 6.07) is 9.76. The molecule has 0 saturated carbocycles. The number of ether oxygens (including phenoxy) is 1. The van der Waals surface area contributed by atoms with Crippen LogP contribution in [0.3, 0.4) is 0 Å². The molecule has 0 amide bonds. The van der Waals surface area contributed by atoms with Crippen molar-refractivity contribution < 1.29 is 9.26 Å². The summed E-state index contributed by atoms with van der Waals surface area (Å²) in [5, 5.41) is 12.4. The smallest absolute Gasteiger partial charge is 0.275 e. The molecule has 2 N–H and O–H groups in total. The van der Waals surface area contributed by atoms with Gasteiger partial charge in [-0.1, -0.05) is 29.8 Å². The van der Waals surface area contributed by atoms with Gasteiger partial charge in [-0.05, 0) is 17.6 Å². The van der Waals surface area contributed by atoms with Crippen LogP contribution in [0.15, 0.2) is 28.8 Å². The summed E-state index contributed by atoms with van der Waals surface area (Å²) in [6.45, 7) is 2.33. The Balaban J connectivity index is 2.08. The lowest BCUT2D eigenvalue weighted by Crippen LogP contribution is -1.97. The number of nitriles is 1. The molecule has 5 nitrogen and oxygen atoms in total. The Morgan fingerprint density at radius 1 is 1.41 bits per heavy atom. The van der Waals surface area contributed by atoms with Gasteiger partial charge in [-0.25, -0.2) is 0 Å². The first-order chi connectivity index (χ1) is 8.20. The van der Waals surface area contributed by atoms with Crippen molar-refractivity contribution in [3.63, 3.8) is 0 Å². The fourth-order valence-corrected chi connectivity index (χ4v) is 1.32. The first-order valence-electron chi connectivity index (χ1n) is 5.04. The van der Waals surface area contributed by atoms with E-state index in [1.807, 2.05) is 37.3 Å². The molecule has 86 valence electrons. The monoisotopic (exact) mass is 229 g/mol. The molecule has 0 aliphatic heterocycles. The van der Waals surface area contributed by atoms with E-state index in [-0.39, 0.29) is 17.3 Å². The third-order valence-corrected chi connectivity index (χ3v) is 2.30. The average molecular weight is 229 g/mol. The van der Waals surface area contributed by atoms with Crippen molar-refractivity contribution in [2.24, 2.45) is 0 Å². The molecule has 0 saturated heterocycles. The lowest BCUT2D eigenvalue weighted by molar-refractivity contribution is 0.270. The van der Waals surface area contributed by atoms with Gasteiger partial charge >= 0.3 is 0 Å². The van der Waals surface area contributed by atoms with E-state index in [0.29, 0.717) is 6.61 Å². The topological polar surface area (TPSA) is 85.1 Å². The molecule has 2 rings (SSSR count). The lowest BCUT2D eigenvalue weighted by Gasteiger charge is -2.02. The number of aromatic nitrogens is 1. The minimum atomic E-state index is -0.0218. The number of aryl methyl sites for hydroxylation is 1. The summed E-state index contributed by atoms with van der Waals surface area (Å²) >= 11 is 0. The second-order valence-electron chi connectivity index (χ2n) is 3.61. The van der Waals surface area contributed by atoms with Gasteiger partial charge in [-0.2, -0.15) is 5.26 Å². The molecule has 0 atom stereocenters. The fraction of sp³-hybridized carbons (Fsp3) is 0.167. The Hall–Kier alpha value is -2.48. The van der Waals surface area contributed by atoms with Crippen molar-refractivity contribution in [3.05, 3.63) is 41.0 Å². The molecule has 0 unspecified atom stereocenters. The SMILES string of the molecule is Cc1ccc(COc2noc(N)c2C#N)cc1. The van der Waals surface area contributed by atoms with Gasteiger partial charge in [-0.15, -0.1) is 0 Å². The lowest BCUT2D eigenvalue weighted by atomic mass is 10.2. The zero-order valence-electron chi connectivity index (χ0n) is 9.30. The van der Waals surface area contributed by atoms with E-state index in [4.69, 9.17) is 15.7 Å². The number of nitrogen functional groups attached to an aromatic ring is 1. The summed E-state index contributed by atoms with van der Waals surface area (Å²) in [5.74, 6) is 0.108. The van der Waals surface area contributed by atoms with E-state index < -0.39 is 0 Å². The van der Waals surface area contributed by atoms with Gasteiger partial charge in [0.1, 0.15) is 12.7 Å². The first-order valence-corrected chi connectivity index (χ1v) is 5.04. The summed E-state index contributed by atoms with van der Waals surface area (Å²) in [5.41, 5.74) is 7.71. The number of hydrogen-bond donors (Lipinski definition) is 1. The summed E-state index contributed by atoms with van der Waals surface area (Å²) < 4.78 is 10.0. The van der Waals surface area contributed by atoms with Crippen LogP contribution in [0.4, 0.5) is 5.88 Å². The van der Waals surface area contributed by atoms with E-state index >= 15 is 0 Å². The Labute approximate surface area is 98.4 Å². The number of anilines is 1. The largest absolute Gasteiger partial charge is 0.470 e. The number of rotatable bonds is 3. The number of nitrogens with zero attached hydrogens (tertiary/aromatic N) is 2. The fourth-order valence-electron chi connectivity index (χ4n) is 1.32.